The zero-order valence-electron chi connectivity index (χ0n) is 81.8. The standard InChI is InChI=1S/C28H34N6O3.C28H34N6O2.C25H25N7O2.C25H29N5O2/c1-32-19-20(17-30-32)28-18-29-26-6-5-21(15-27(26)31-28)34(12-11-33-9-7-23(35-2)8-10-33)22-13-24(36-3)16-25(14-22)37-4;1-20-6-5-9-33(18-20)10-11-34(23-12-24(35-3)15-25(13-23)36-4)22-7-8-26-27(14-22)31-28(17-29-26)21-16-30-32(2)19-21;1-30-17-18(15-28-30)25-16-26-23-6-5-19(13-24(23)29-25)32(10-9-31-8-4-7-27-31)20-11-21(33-2)14-22(12-20)34-3;1-5-6-7-10-30(20-11-21(31-3)14-22(12-20)32-4)19-8-9-23-24(13-19)28-25(16-26-23)18-15-27-29(2)17-18/h5-6,13-19,23H,7-12H2,1-4H3;7-8,12-17,19-20H,5-6,9-11,18H2,1-4H3;4-8,11-17H,9-10H2,1-3H3;8-9,11-17H,5-7,10H2,1-4H3. The van der Waals surface area contributed by atoms with Crippen LogP contribution in [0.5, 0.6) is 46.0 Å². The molecule has 33 heteroatoms. The number of aromatic nitrogens is 18. The van der Waals surface area contributed by atoms with E-state index in [-0.39, 0.29) is 0 Å². The first kappa shape index (κ1) is 96.8. The van der Waals surface area contributed by atoms with E-state index in [1.54, 1.807) is 132 Å². The second kappa shape index (κ2) is 46.0. The van der Waals surface area contributed by atoms with E-state index < -0.39 is 0 Å². The highest BCUT2D eigenvalue weighted by Crippen LogP contribution is 2.41. The molecule has 139 heavy (non-hydrogen) atoms. The first-order chi connectivity index (χ1) is 67.8. The molecule has 8 aromatic carbocycles. The van der Waals surface area contributed by atoms with Crippen molar-refractivity contribution in [1.82, 2.24) is 98.6 Å². The number of aryl methyl sites for hydroxylation is 4. The maximum Gasteiger partial charge on any atom is 0.124 e. The fraction of sp³-hybridized carbons (Fsp3) is 0.330. The highest BCUT2D eigenvalue weighted by molar-refractivity contribution is 5.87. The van der Waals surface area contributed by atoms with Crippen molar-refractivity contribution in [2.75, 3.05) is 149 Å². The number of hydrogen-bond donors (Lipinski definition) is 0. The van der Waals surface area contributed by atoms with Crippen LogP contribution in [-0.4, -0.2) is 234 Å². The van der Waals surface area contributed by atoms with Crippen molar-refractivity contribution in [3.8, 4) is 91.0 Å². The summed E-state index contributed by atoms with van der Waals surface area (Å²) in [5.41, 5.74) is 21.8. The number of unbranched alkanes of at least 4 members (excludes halogenated alkanes) is 2. The summed E-state index contributed by atoms with van der Waals surface area (Å²) in [4.78, 5) is 52.3. The molecule has 33 nitrogen and oxygen atoms in total. The maximum absolute atomic E-state index is 5.58. The molecule has 9 aromatic heterocycles. The van der Waals surface area contributed by atoms with Gasteiger partial charge < -0.3 is 72.0 Å². The Morgan fingerprint density at radius 1 is 0.324 bits per heavy atom. The van der Waals surface area contributed by atoms with Gasteiger partial charge in [0.2, 0.25) is 0 Å². The fourth-order valence-electron chi connectivity index (χ4n) is 17.4. The van der Waals surface area contributed by atoms with Gasteiger partial charge >= 0.3 is 0 Å². The largest absolute Gasteiger partial charge is 0.497 e. The summed E-state index contributed by atoms with van der Waals surface area (Å²) in [5.74, 6) is 6.74. The van der Waals surface area contributed by atoms with E-state index in [2.05, 4.69) is 149 Å². The number of rotatable bonds is 34. The van der Waals surface area contributed by atoms with Gasteiger partial charge in [0, 0.05) is 272 Å². The molecule has 0 aliphatic carbocycles. The van der Waals surface area contributed by atoms with Gasteiger partial charge in [-0.05, 0) is 123 Å². The molecule has 17 aromatic rings. The van der Waals surface area contributed by atoms with Crippen LogP contribution in [0.15, 0.2) is 238 Å². The minimum atomic E-state index is 0.364. The van der Waals surface area contributed by atoms with Crippen molar-refractivity contribution in [3.63, 3.8) is 0 Å². The lowest BCUT2D eigenvalue weighted by molar-refractivity contribution is 0.0421. The average molecular weight is 1880 g/mol. The number of nitrogens with zero attached hydrogens (tertiary/aromatic N) is 24. The second-order valence-corrected chi connectivity index (χ2v) is 34.5. The molecule has 2 fully saturated rings. The molecular formula is C106H122N24O9. The van der Waals surface area contributed by atoms with Crippen molar-refractivity contribution in [2.24, 2.45) is 34.1 Å². The molecule has 11 heterocycles. The Kier molecular flexibility index (Phi) is 32.0. The average Bonchev–Trinajstić information content (AvgIpc) is 1.60. The molecule has 0 amide bonds. The summed E-state index contributed by atoms with van der Waals surface area (Å²) in [6.07, 6.45) is 34.4. The smallest absolute Gasteiger partial charge is 0.124 e. The third-order valence-corrected chi connectivity index (χ3v) is 24.9. The lowest BCUT2D eigenvalue weighted by Crippen LogP contribution is -2.40. The van der Waals surface area contributed by atoms with Gasteiger partial charge in [-0.2, -0.15) is 25.5 Å². The van der Waals surface area contributed by atoms with Crippen LogP contribution in [0.25, 0.3) is 89.2 Å². The summed E-state index contributed by atoms with van der Waals surface area (Å²) >= 11 is 0. The molecule has 0 radical (unpaired) electrons. The van der Waals surface area contributed by atoms with Gasteiger partial charge in [0.05, 0.1) is 186 Å². The zero-order chi connectivity index (χ0) is 96.8. The summed E-state index contributed by atoms with van der Waals surface area (Å²) in [5, 5.41) is 21.4. The van der Waals surface area contributed by atoms with Crippen molar-refractivity contribution in [1.29, 1.82) is 0 Å². The SMILES string of the molecule is CCCCCN(c1cc(OC)cc(OC)c1)c1ccc2ncc(-c3cnn(C)c3)nc2c1.COc1cc(OC)cc(N(CCN2CCC(OC)CC2)c2ccc3ncc(-c4cnn(C)c4)nc3c2)c1.COc1cc(OC)cc(N(CCN2CCCC(C)C2)c2ccc3ncc(-c4cnn(C)c4)nc3c2)c1.COc1cc(OC)cc(N(CCn2cccn2)c2ccc3ncc(-c4cnn(C)c4)nc3c2)c1. The molecule has 0 N–H and O–H groups in total. The molecule has 0 spiro atoms. The first-order valence-corrected chi connectivity index (χ1v) is 46.8. The maximum atomic E-state index is 5.58. The van der Waals surface area contributed by atoms with Crippen LogP contribution in [-0.2, 0) is 39.5 Å². The Balaban J connectivity index is 0.000000134. The first-order valence-electron chi connectivity index (χ1n) is 46.8. The van der Waals surface area contributed by atoms with Crippen molar-refractivity contribution in [2.45, 2.75) is 71.4 Å². The minimum Gasteiger partial charge on any atom is -0.497 e. The van der Waals surface area contributed by atoms with Gasteiger partial charge in [-0.3, -0.25) is 43.3 Å². The predicted octanol–water partition coefficient (Wildman–Crippen LogP) is 18.7. The molecule has 2 aliphatic rings. The number of likely N-dealkylation sites (tertiary alicyclic amines) is 2. The van der Waals surface area contributed by atoms with E-state index in [0.29, 0.717) is 19.2 Å². The Hall–Kier alpha value is -15.4. The third kappa shape index (κ3) is 24.6. The van der Waals surface area contributed by atoms with Crippen LogP contribution in [0, 0.1) is 5.92 Å². The van der Waals surface area contributed by atoms with Gasteiger partial charge in [0.1, 0.15) is 46.0 Å². The number of benzene rings is 8. The summed E-state index contributed by atoms with van der Waals surface area (Å²) < 4.78 is 58.9. The number of methoxy groups -OCH3 is 9. The molecule has 1 atom stereocenters. The molecule has 720 valence electrons. The van der Waals surface area contributed by atoms with Gasteiger partial charge in [-0.25, -0.2) is 19.9 Å². The van der Waals surface area contributed by atoms with E-state index in [1.165, 1.54) is 12.8 Å². The van der Waals surface area contributed by atoms with Crippen LogP contribution >= 0.6 is 0 Å². The van der Waals surface area contributed by atoms with E-state index in [9.17, 15) is 0 Å². The molecule has 2 aliphatic heterocycles. The van der Waals surface area contributed by atoms with Crippen molar-refractivity contribution < 1.29 is 42.6 Å². The topological polar surface area (TPSA) is 295 Å². The molecule has 19 rings (SSSR count). The molecular weight excluding hydrogens is 1750 g/mol. The number of anilines is 8. The quantitative estimate of drug-likeness (QED) is 0.0338. The lowest BCUT2D eigenvalue weighted by Gasteiger charge is -2.34. The highest BCUT2D eigenvalue weighted by Gasteiger charge is 2.26. The summed E-state index contributed by atoms with van der Waals surface area (Å²) in [6, 6.07) is 50.5. The van der Waals surface area contributed by atoms with E-state index >= 15 is 0 Å². The van der Waals surface area contributed by atoms with Gasteiger partial charge in [-0.1, -0.05) is 26.7 Å². The monoisotopic (exact) mass is 1870 g/mol. The Bertz CT molecular complexity index is 6850. The number of hydrogen-bond acceptors (Lipinski definition) is 28. The molecule has 2 saturated heterocycles. The van der Waals surface area contributed by atoms with Crippen LogP contribution < -0.4 is 57.5 Å². The number of ether oxygens (including phenoxy) is 9. The Morgan fingerprint density at radius 3 is 0.921 bits per heavy atom. The van der Waals surface area contributed by atoms with Gasteiger partial charge in [0.15, 0.2) is 0 Å². The Labute approximate surface area is 810 Å². The Morgan fingerprint density at radius 2 is 0.640 bits per heavy atom. The van der Waals surface area contributed by atoms with Crippen LogP contribution in [0.1, 0.15) is 58.8 Å². The van der Waals surface area contributed by atoms with E-state index in [4.69, 9.17) is 62.6 Å². The van der Waals surface area contributed by atoms with E-state index in [1.807, 2.05) is 161 Å². The van der Waals surface area contributed by atoms with E-state index in [0.717, 1.165) is 278 Å². The summed E-state index contributed by atoms with van der Waals surface area (Å²) in [6.45, 7) is 14.7. The normalized spacial score (nSPS) is 13.4. The number of fused-ring (bicyclic) bond motifs is 4. The minimum absolute atomic E-state index is 0.364. The van der Waals surface area contributed by atoms with Crippen molar-refractivity contribution >= 4 is 89.6 Å². The van der Waals surface area contributed by atoms with Crippen LogP contribution in [0.4, 0.5) is 45.5 Å². The van der Waals surface area contributed by atoms with Gasteiger partial charge in [-0.15, -0.1) is 0 Å². The molecule has 1 unspecified atom stereocenters. The molecule has 0 saturated carbocycles. The lowest BCUT2D eigenvalue weighted by atomic mass is 10.0. The summed E-state index contributed by atoms with van der Waals surface area (Å²) in [7, 11) is 22.8. The number of piperidine rings is 2. The molecule has 0 bridgehead atoms. The third-order valence-electron chi connectivity index (χ3n) is 24.9. The highest BCUT2D eigenvalue weighted by atomic mass is 16.5. The zero-order valence-corrected chi connectivity index (χ0v) is 81.8. The predicted molar refractivity (Wildman–Crippen MR) is 546 cm³/mol. The second-order valence-electron chi connectivity index (χ2n) is 34.5. The van der Waals surface area contributed by atoms with Crippen molar-refractivity contribution in [3.05, 3.63) is 238 Å². The van der Waals surface area contributed by atoms with Crippen LogP contribution in [0.2, 0.25) is 0 Å². The fourth-order valence-corrected chi connectivity index (χ4v) is 17.4. The van der Waals surface area contributed by atoms with Gasteiger partial charge in [0.25, 0.3) is 0 Å². The van der Waals surface area contributed by atoms with Crippen LogP contribution in [0.3, 0.4) is 0 Å².